The first-order chi connectivity index (χ1) is 6.87. The standard InChI is InChI=1S/C11H22N2O2/c1-10(2,3)13-9(15)12-8-11(4-5-11)6-7-14/h14H,4-8H2,1-3H3,(H2,12,13,15). The van der Waals surface area contributed by atoms with E-state index in [-0.39, 0.29) is 23.6 Å². The number of carbonyl (C=O) groups excluding carboxylic acids is 1. The Morgan fingerprint density at radius 2 is 2.00 bits per heavy atom. The molecule has 1 fully saturated rings. The van der Waals surface area contributed by atoms with Crippen LogP contribution in [-0.2, 0) is 0 Å². The summed E-state index contributed by atoms with van der Waals surface area (Å²) in [5, 5.41) is 14.6. The van der Waals surface area contributed by atoms with Crippen LogP contribution in [-0.4, -0.2) is 29.8 Å². The highest BCUT2D eigenvalue weighted by Gasteiger charge is 2.41. The predicted octanol–water partition coefficient (Wildman–Crippen LogP) is 1.25. The lowest BCUT2D eigenvalue weighted by Crippen LogP contribution is -2.47. The number of hydrogen-bond acceptors (Lipinski definition) is 2. The maximum atomic E-state index is 11.5. The normalized spacial score (nSPS) is 18.4. The van der Waals surface area contributed by atoms with Gasteiger partial charge in [-0.25, -0.2) is 4.79 Å². The molecule has 0 unspecified atom stereocenters. The number of urea groups is 1. The molecule has 15 heavy (non-hydrogen) atoms. The molecular weight excluding hydrogens is 192 g/mol. The Morgan fingerprint density at radius 1 is 1.40 bits per heavy atom. The highest BCUT2D eigenvalue weighted by molar-refractivity contribution is 5.74. The third kappa shape index (κ3) is 4.51. The molecule has 0 saturated heterocycles. The van der Waals surface area contributed by atoms with Crippen molar-refractivity contribution in [3.63, 3.8) is 0 Å². The second kappa shape index (κ2) is 4.39. The minimum Gasteiger partial charge on any atom is -0.396 e. The van der Waals surface area contributed by atoms with E-state index in [1.807, 2.05) is 20.8 Å². The number of nitrogens with one attached hydrogen (secondary N) is 2. The molecule has 0 aromatic carbocycles. The van der Waals surface area contributed by atoms with Crippen molar-refractivity contribution in [2.45, 2.75) is 45.6 Å². The van der Waals surface area contributed by atoms with Crippen molar-refractivity contribution in [3.05, 3.63) is 0 Å². The maximum absolute atomic E-state index is 11.5. The van der Waals surface area contributed by atoms with Gasteiger partial charge >= 0.3 is 6.03 Å². The van der Waals surface area contributed by atoms with E-state index in [4.69, 9.17) is 5.11 Å². The summed E-state index contributed by atoms with van der Waals surface area (Å²) in [4.78, 5) is 11.5. The lowest BCUT2D eigenvalue weighted by Gasteiger charge is -2.22. The molecule has 0 aliphatic heterocycles. The zero-order valence-electron chi connectivity index (χ0n) is 9.89. The van der Waals surface area contributed by atoms with E-state index in [1.165, 1.54) is 0 Å². The zero-order valence-corrected chi connectivity index (χ0v) is 9.89. The molecule has 1 rings (SSSR count). The molecule has 0 bridgehead atoms. The van der Waals surface area contributed by atoms with Crippen LogP contribution in [0.5, 0.6) is 0 Å². The van der Waals surface area contributed by atoms with E-state index in [9.17, 15) is 4.79 Å². The van der Waals surface area contributed by atoms with Gasteiger partial charge in [-0.3, -0.25) is 0 Å². The van der Waals surface area contributed by atoms with Crippen molar-refractivity contribution in [1.29, 1.82) is 0 Å². The number of aliphatic hydroxyl groups excluding tert-OH is 1. The fourth-order valence-corrected chi connectivity index (χ4v) is 1.58. The van der Waals surface area contributed by atoms with E-state index in [2.05, 4.69) is 10.6 Å². The van der Waals surface area contributed by atoms with Gasteiger partial charge in [0, 0.05) is 18.7 Å². The van der Waals surface area contributed by atoms with E-state index >= 15 is 0 Å². The first kappa shape index (κ1) is 12.3. The molecule has 0 aromatic rings. The van der Waals surface area contributed by atoms with Crippen molar-refractivity contribution in [1.82, 2.24) is 10.6 Å². The average molecular weight is 214 g/mol. The van der Waals surface area contributed by atoms with E-state index < -0.39 is 0 Å². The molecule has 1 aliphatic rings. The summed E-state index contributed by atoms with van der Waals surface area (Å²) in [5.41, 5.74) is -0.0122. The molecule has 0 radical (unpaired) electrons. The van der Waals surface area contributed by atoms with Crippen LogP contribution >= 0.6 is 0 Å². The Labute approximate surface area is 91.4 Å². The molecule has 4 nitrogen and oxygen atoms in total. The van der Waals surface area contributed by atoms with E-state index in [0.29, 0.717) is 6.54 Å². The topological polar surface area (TPSA) is 61.4 Å². The third-order valence-corrected chi connectivity index (χ3v) is 2.71. The Hall–Kier alpha value is -0.770. The molecule has 0 heterocycles. The number of amides is 2. The minimum absolute atomic E-state index is 0.119. The van der Waals surface area contributed by atoms with Crippen LogP contribution in [0, 0.1) is 5.41 Å². The third-order valence-electron chi connectivity index (χ3n) is 2.71. The van der Waals surface area contributed by atoms with Crippen LogP contribution in [0.1, 0.15) is 40.0 Å². The van der Waals surface area contributed by atoms with Crippen molar-refractivity contribution < 1.29 is 9.90 Å². The molecule has 4 heteroatoms. The number of carbonyl (C=O) groups is 1. The molecule has 0 aromatic heterocycles. The summed E-state index contributed by atoms with van der Waals surface area (Å²) in [6.07, 6.45) is 3.02. The number of rotatable bonds is 4. The van der Waals surface area contributed by atoms with Gasteiger partial charge in [0.1, 0.15) is 0 Å². The Balaban J connectivity index is 2.23. The Morgan fingerprint density at radius 3 is 2.40 bits per heavy atom. The fourth-order valence-electron chi connectivity index (χ4n) is 1.58. The smallest absolute Gasteiger partial charge is 0.315 e. The summed E-state index contributed by atoms with van der Waals surface area (Å²) in [6.45, 7) is 6.74. The van der Waals surface area contributed by atoms with Crippen LogP contribution in [0.15, 0.2) is 0 Å². The van der Waals surface area contributed by atoms with Gasteiger partial charge in [-0.05, 0) is 45.4 Å². The van der Waals surface area contributed by atoms with Gasteiger partial charge < -0.3 is 15.7 Å². The highest BCUT2D eigenvalue weighted by Crippen LogP contribution is 2.47. The van der Waals surface area contributed by atoms with Crippen LogP contribution in [0.4, 0.5) is 4.79 Å². The van der Waals surface area contributed by atoms with Gasteiger partial charge in [0.15, 0.2) is 0 Å². The van der Waals surface area contributed by atoms with Crippen LogP contribution in [0.2, 0.25) is 0 Å². The molecule has 1 aliphatic carbocycles. The van der Waals surface area contributed by atoms with E-state index in [1.54, 1.807) is 0 Å². The highest BCUT2D eigenvalue weighted by atomic mass is 16.3. The van der Waals surface area contributed by atoms with Crippen LogP contribution < -0.4 is 10.6 Å². The quantitative estimate of drug-likeness (QED) is 0.659. The van der Waals surface area contributed by atoms with Crippen molar-refractivity contribution >= 4 is 6.03 Å². The molecule has 0 spiro atoms. The van der Waals surface area contributed by atoms with Crippen molar-refractivity contribution in [2.24, 2.45) is 5.41 Å². The molecule has 3 N–H and O–H groups in total. The van der Waals surface area contributed by atoms with Crippen LogP contribution in [0.25, 0.3) is 0 Å². The lowest BCUT2D eigenvalue weighted by atomic mass is 10.0. The first-order valence-corrected chi connectivity index (χ1v) is 5.54. The number of aliphatic hydroxyl groups is 1. The predicted molar refractivity (Wildman–Crippen MR) is 59.7 cm³/mol. The summed E-state index contributed by atoms with van der Waals surface area (Å²) >= 11 is 0. The summed E-state index contributed by atoms with van der Waals surface area (Å²) in [5.74, 6) is 0. The van der Waals surface area contributed by atoms with Crippen LogP contribution in [0.3, 0.4) is 0 Å². The van der Waals surface area contributed by atoms with Gasteiger partial charge in [0.25, 0.3) is 0 Å². The van der Waals surface area contributed by atoms with Crippen molar-refractivity contribution in [3.8, 4) is 0 Å². The monoisotopic (exact) mass is 214 g/mol. The zero-order chi connectivity index (χ0) is 11.5. The van der Waals surface area contributed by atoms with Gasteiger partial charge in [0.2, 0.25) is 0 Å². The molecule has 1 saturated carbocycles. The lowest BCUT2D eigenvalue weighted by molar-refractivity contribution is 0.221. The Kier molecular flexibility index (Phi) is 3.60. The Bertz CT molecular complexity index is 229. The van der Waals surface area contributed by atoms with Gasteiger partial charge in [0.05, 0.1) is 0 Å². The average Bonchev–Trinajstić information content (AvgIpc) is 2.80. The second-order valence-electron chi connectivity index (χ2n) is 5.53. The minimum atomic E-state index is -0.197. The largest absolute Gasteiger partial charge is 0.396 e. The summed E-state index contributed by atoms with van der Waals surface area (Å²) in [7, 11) is 0. The second-order valence-corrected chi connectivity index (χ2v) is 5.53. The van der Waals surface area contributed by atoms with Crippen molar-refractivity contribution in [2.75, 3.05) is 13.2 Å². The maximum Gasteiger partial charge on any atom is 0.315 e. The summed E-state index contributed by atoms with van der Waals surface area (Å²) in [6, 6.07) is -0.119. The fraction of sp³-hybridized carbons (Fsp3) is 0.909. The van der Waals surface area contributed by atoms with E-state index in [0.717, 1.165) is 19.3 Å². The summed E-state index contributed by atoms with van der Waals surface area (Å²) < 4.78 is 0. The van der Waals surface area contributed by atoms with Gasteiger partial charge in [-0.2, -0.15) is 0 Å². The van der Waals surface area contributed by atoms with Gasteiger partial charge in [-0.1, -0.05) is 0 Å². The first-order valence-electron chi connectivity index (χ1n) is 5.54. The number of hydrogen-bond donors (Lipinski definition) is 3. The molecule has 0 atom stereocenters. The molecule has 2 amide bonds. The molecule has 88 valence electrons. The SMILES string of the molecule is CC(C)(C)NC(=O)NCC1(CCO)CC1. The molecular formula is C11H22N2O2. The van der Waals surface area contributed by atoms with Gasteiger partial charge in [-0.15, -0.1) is 0 Å².